The SMILES string of the molecule is C=C(/C=C(\C)NCC)CCC. The minimum absolute atomic E-state index is 0.988. The summed E-state index contributed by atoms with van der Waals surface area (Å²) in [5, 5.41) is 3.24. The monoisotopic (exact) mass is 153 g/mol. The minimum atomic E-state index is 0.988. The van der Waals surface area contributed by atoms with E-state index in [0.717, 1.165) is 13.0 Å². The molecule has 1 N–H and O–H groups in total. The highest BCUT2D eigenvalue weighted by Crippen LogP contribution is 2.04. The summed E-state index contributed by atoms with van der Waals surface area (Å²) in [7, 11) is 0. The van der Waals surface area contributed by atoms with E-state index in [0.29, 0.717) is 0 Å². The zero-order chi connectivity index (χ0) is 8.69. The van der Waals surface area contributed by atoms with Crippen molar-refractivity contribution in [1.82, 2.24) is 5.32 Å². The van der Waals surface area contributed by atoms with Gasteiger partial charge in [0.25, 0.3) is 0 Å². The predicted octanol–water partition coefficient (Wildman–Crippen LogP) is 2.86. The molecular formula is C10H19N. The number of hydrogen-bond donors (Lipinski definition) is 1. The third-order valence-electron chi connectivity index (χ3n) is 1.45. The summed E-state index contributed by atoms with van der Waals surface area (Å²) >= 11 is 0. The molecule has 0 aliphatic rings. The highest BCUT2D eigenvalue weighted by Gasteiger charge is 1.88. The van der Waals surface area contributed by atoms with Crippen molar-refractivity contribution in [2.75, 3.05) is 6.54 Å². The molecule has 0 heterocycles. The number of hydrogen-bond acceptors (Lipinski definition) is 1. The molecule has 1 nitrogen and oxygen atoms in total. The molecule has 0 rings (SSSR count). The molecule has 0 radical (unpaired) electrons. The summed E-state index contributed by atoms with van der Waals surface area (Å²) in [5.74, 6) is 0. The van der Waals surface area contributed by atoms with Gasteiger partial charge in [-0.25, -0.2) is 0 Å². The first-order valence-corrected chi connectivity index (χ1v) is 4.30. The Hall–Kier alpha value is -0.720. The van der Waals surface area contributed by atoms with Crippen LogP contribution in [0.2, 0.25) is 0 Å². The largest absolute Gasteiger partial charge is 0.389 e. The van der Waals surface area contributed by atoms with Crippen LogP contribution >= 0.6 is 0 Å². The molecule has 64 valence electrons. The Morgan fingerprint density at radius 3 is 2.55 bits per heavy atom. The minimum Gasteiger partial charge on any atom is -0.389 e. The predicted molar refractivity (Wildman–Crippen MR) is 51.5 cm³/mol. The molecule has 1 heteroatoms. The summed E-state index contributed by atoms with van der Waals surface area (Å²) in [5.41, 5.74) is 2.43. The normalized spacial score (nSPS) is 11.4. The van der Waals surface area contributed by atoms with Crippen LogP contribution in [-0.2, 0) is 0 Å². The summed E-state index contributed by atoms with van der Waals surface area (Å²) in [4.78, 5) is 0. The highest BCUT2D eigenvalue weighted by molar-refractivity contribution is 5.18. The van der Waals surface area contributed by atoms with E-state index in [4.69, 9.17) is 0 Å². The highest BCUT2D eigenvalue weighted by atomic mass is 14.9. The molecule has 0 aliphatic heterocycles. The average molecular weight is 153 g/mol. The fourth-order valence-corrected chi connectivity index (χ4v) is 1.03. The lowest BCUT2D eigenvalue weighted by Crippen LogP contribution is -2.09. The van der Waals surface area contributed by atoms with Gasteiger partial charge in [-0.1, -0.05) is 25.5 Å². The Morgan fingerprint density at radius 2 is 2.09 bits per heavy atom. The van der Waals surface area contributed by atoms with Gasteiger partial charge >= 0.3 is 0 Å². The topological polar surface area (TPSA) is 12.0 Å². The molecule has 0 aliphatic carbocycles. The van der Waals surface area contributed by atoms with Crippen molar-refractivity contribution in [3.05, 3.63) is 23.9 Å². The number of allylic oxidation sites excluding steroid dienone is 3. The van der Waals surface area contributed by atoms with Gasteiger partial charge in [0.1, 0.15) is 0 Å². The second-order valence-corrected chi connectivity index (χ2v) is 2.77. The van der Waals surface area contributed by atoms with Crippen molar-refractivity contribution in [3.8, 4) is 0 Å². The summed E-state index contributed by atoms with van der Waals surface area (Å²) < 4.78 is 0. The summed E-state index contributed by atoms with van der Waals surface area (Å²) in [6, 6.07) is 0. The van der Waals surface area contributed by atoms with E-state index in [2.05, 4.69) is 38.7 Å². The zero-order valence-electron chi connectivity index (χ0n) is 7.91. The van der Waals surface area contributed by atoms with Gasteiger partial charge in [0.15, 0.2) is 0 Å². The van der Waals surface area contributed by atoms with Crippen molar-refractivity contribution in [2.45, 2.75) is 33.6 Å². The van der Waals surface area contributed by atoms with Gasteiger partial charge in [-0.3, -0.25) is 0 Å². The Balaban J connectivity index is 3.76. The van der Waals surface area contributed by atoms with Gasteiger partial charge in [0.05, 0.1) is 0 Å². The van der Waals surface area contributed by atoms with Crippen LogP contribution in [0.4, 0.5) is 0 Å². The van der Waals surface area contributed by atoms with Crippen molar-refractivity contribution >= 4 is 0 Å². The Kier molecular flexibility index (Phi) is 5.63. The second kappa shape index (κ2) is 6.02. The average Bonchev–Trinajstić information content (AvgIpc) is 1.87. The van der Waals surface area contributed by atoms with Crippen LogP contribution in [0.25, 0.3) is 0 Å². The molecular weight excluding hydrogens is 134 g/mol. The van der Waals surface area contributed by atoms with Crippen LogP contribution in [-0.4, -0.2) is 6.54 Å². The first kappa shape index (κ1) is 10.3. The lowest BCUT2D eigenvalue weighted by molar-refractivity contribution is 0.846. The lowest BCUT2D eigenvalue weighted by Gasteiger charge is -2.03. The van der Waals surface area contributed by atoms with Gasteiger partial charge in [-0.05, 0) is 26.3 Å². The van der Waals surface area contributed by atoms with E-state index < -0.39 is 0 Å². The molecule has 0 aromatic rings. The molecule has 0 amide bonds. The van der Waals surface area contributed by atoms with Crippen LogP contribution in [0.15, 0.2) is 23.9 Å². The standard InChI is InChI=1S/C10H19N/c1-5-7-9(3)8-10(4)11-6-2/h8,11H,3,5-7H2,1-2,4H3/b10-8+. The maximum Gasteiger partial charge on any atom is 0.0115 e. The number of nitrogens with one attached hydrogen (secondary N) is 1. The van der Waals surface area contributed by atoms with E-state index in [-0.39, 0.29) is 0 Å². The third-order valence-corrected chi connectivity index (χ3v) is 1.45. The summed E-state index contributed by atoms with van der Waals surface area (Å²) in [6.07, 6.45) is 4.39. The smallest absolute Gasteiger partial charge is 0.0115 e. The van der Waals surface area contributed by atoms with E-state index in [1.807, 2.05) is 0 Å². The first-order valence-electron chi connectivity index (χ1n) is 4.30. The fourth-order valence-electron chi connectivity index (χ4n) is 1.03. The Bertz CT molecular complexity index is 145. The zero-order valence-corrected chi connectivity index (χ0v) is 7.91. The van der Waals surface area contributed by atoms with Crippen LogP contribution in [0.3, 0.4) is 0 Å². The Morgan fingerprint density at radius 1 is 1.45 bits per heavy atom. The van der Waals surface area contributed by atoms with Gasteiger partial charge < -0.3 is 5.32 Å². The molecule has 0 aromatic heterocycles. The molecule has 11 heavy (non-hydrogen) atoms. The van der Waals surface area contributed by atoms with Crippen LogP contribution in [0.5, 0.6) is 0 Å². The van der Waals surface area contributed by atoms with Crippen molar-refractivity contribution in [2.24, 2.45) is 0 Å². The van der Waals surface area contributed by atoms with Crippen molar-refractivity contribution < 1.29 is 0 Å². The van der Waals surface area contributed by atoms with E-state index >= 15 is 0 Å². The molecule has 0 unspecified atom stereocenters. The summed E-state index contributed by atoms with van der Waals surface area (Å²) in [6.45, 7) is 11.3. The molecule has 0 fully saturated rings. The van der Waals surface area contributed by atoms with Crippen molar-refractivity contribution in [3.63, 3.8) is 0 Å². The van der Waals surface area contributed by atoms with E-state index in [1.54, 1.807) is 0 Å². The molecule has 0 aromatic carbocycles. The third kappa shape index (κ3) is 5.71. The van der Waals surface area contributed by atoms with Gasteiger partial charge in [0, 0.05) is 12.2 Å². The van der Waals surface area contributed by atoms with Gasteiger partial charge in [0.2, 0.25) is 0 Å². The van der Waals surface area contributed by atoms with Gasteiger partial charge in [-0.2, -0.15) is 0 Å². The molecule has 0 bridgehead atoms. The van der Waals surface area contributed by atoms with E-state index in [9.17, 15) is 0 Å². The van der Waals surface area contributed by atoms with Gasteiger partial charge in [-0.15, -0.1) is 0 Å². The quantitative estimate of drug-likeness (QED) is 0.599. The van der Waals surface area contributed by atoms with Crippen LogP contribution < -0.4 is 5.32 Å². The van der Waals surface area contributed by atoms with Crippen LogP contribution in [0, 0.1) is 0 Å². The van der Waals surface area contributed by atoms with Crippen molar-refractivity contribution in [1.29, 1.82) is 0 Å². The molecule has 0 saturated heterocycles. The fraction of sp³-hybridized carbons (Fsp3) is 0.600. The molecule has 0 saturated carbocycles. The Labute approximate surface area is 70.2 Å². The molecule has 0 atom stereocenters. The maximum atomic E-state index is 3.95. The lowest BCUT2D eigenvalue weighted by atomic mass is 10.1. The maximum absolute atomic E-state index is 3.95. The van der Waals surface area contributed by atoms with Crippen LogP contribution in [0.1, 0.15) is 33.6 Å². The first-order chi connectivity index (χ1) is 5.20. The molecule has 0 spiro atoms. The van der Waals surface area contributed by atoms with E-state index in [1.165, 1.54) is 17.7 Å². The number of rotatable bonds is 5. The second-order valence-electron chi connectivity index (χ2n) is 2.77.